The summed E-state index contributed by atoms with van der Waals surface area (Å²) < 4.78 is 19.9. The fraction of sp³-hybridized carbons (Fsp3) is 0.233. The lowest BCUT2D eigenvalue weighted by Crippen LogP contribution is -2.20. The second-order valence-corrected chi connectivity index (χ2v) is 11.5. The van der Waals surface area contributed by atoms with Gasteiger partial charge in [-0.2, -0.15) is 9.78 Å². The second-order valence-electron chi connectivity index (χ2n) is 10.2. The van der Waals surface area contributed by atoms with Gasteiger partial charge in [0.1, 0.15) is 5.58 Å². The van der Waals surface area contributed by atoms with E-state index in [-0.39, 0.29) is 16.8 Å². The molecule has 39 heavy (non-hydrogen) atoms. The maximum Gasteiger partial charge on any atom is 0.282 e. The van der Waals surface area contributed by atoms with Crippen molar-refractivity contribution in [3.8, 4) is 23.1 Å². The highest BCUT2D eigenvalue weighted by atomic mass is 79.9. The summed E-state index contributed by atoms with van der Waals surface area (Å²) >= 11 is 9.79. The lowest BCUT2D eigenvalue weighted by atomic mass is 9.99. The maximum absolute atomic E-state index is 13.6. The zero-order chi connectivity index (χ0) is 27.7. The summed E-state index contributed by atoms with van der Waals surface area (Å²) in [5.41, 5.74) is 1.53. The average molecular weight is 609 g/mol. The first-order valence-electron chi connectivity index (χ1n) is 12.5. The minimum Gasteiger partial charge on any atom is -0.490 e. The van der Waals surface area contributed by atoms with Gasteiger partial charge in [-0.15, -0.1) is 0 Å². The Hall–Kier alpha value is -3.62. The number of hydrogen-bond donors (Lipinski definition) is 0. The van der Waals surface area contributed by atoms with E-state index in [9.17, 15) is 4.79 Å². The summed E-state index contributed by atoms with van der Waals surface area (Å²) in [7, 11) is 0. The normalized spacial score (nSPS) is 12.1. The van der Waals surface area contributed by atoms with Gasteiger partial charge in [-0.1, -0.05) is 44.5 Å². The number of ether oxygens (including phenoxy) is 2. The van der Waals surface area contributed by atoms with Crippen molar-refractivity contribution in [3.63, 3.8) is 0 Å². The lowest BCUT2D eigenvalue weighted by Gasteiger charge is -2.21. The van der Waals surface area contributed by atoms with Crippen molar-refractivity contribution in [2.45, 2.75) is 27.7 Å². The van der Waals surface area contributed by atoms with Crippen LogP contribution in [0.5, 0.6) is 11.5 Å². The first-order chi connectivity index (χ1) is 18.6. The number of furan rings is 1. The molecule has 0 fully saturated rings. The summed E-state index contributed by atoms with van der Waals surface area (Å²) in [6, 6.07) is 18.0. The van der Waals surface area contributed by atoms with E-state index in [2.05, 4.69) is 41.8 Å². The Bertz CT molecular complexity index is 1770. The van der Waals surface area contributed by atoms with Crippen LogP contribution in [-0.2, 0) is 0 Å². The topological polar surface area (TPSA) is 78.9 Å². The molecule has 0 unspecified atom stereocenters. The Morgan fingerprint density at radius 1 is 1.08 bits per heavy atom. The van der Waals surface area contributed by atoms with Gasteiger partial charge >= 0.3 is 0 Å². The molecule has 0 aliphatic heterocycles. The molecule has 3 aromatic carbocycles. The smallest absolute Gasteiger partial charge is 0.282 e. The highest BCUT2D eigenvalue weighted by Crippen LogP contribution is 2.35. The first kappa shape index (κ1) is 27.0. The monoisotopic (exact) mass is 607 g/mol. The van der Waals surface area contributed by atoms with Gasteiger partial charge in [-0.3, -0.25) is 4.79 Å². The molecule has 2 aromatic heterocycles. The van der Waals surface area contributed by atoms with Crippen LogP contribution in [-0.4, -0.2) is 29.1 Å². The standard InChI is InChI=1S/C30H27BrClN3O4/c1-5-37-25-14-19(22(31)15-26(25)38-17-30(2,3)4)16-33-35-28(34-23-9-7-6-8-21(23)29(35)36)27-13-18-12-20(32)10-11-24(18)39-27/h6-16H,5,17H2,1-4H3. The van der Waals surface area contributed by atoms with Gasteiger partial charge in [0.05, 0.1) is 30.3 Å². The van der Waals surface area contributed by atoms with E-state index >= 15 is 0 Å². The molecule has 0 N–H and O–H groups in total. The van der Waals surface area contributed by atoms with Crippen molar-refractivity contribution in [1.82, 2.24) is 9.66 Å². The molecule has 9 heteroatoms. The van der Waals surface area contributed by atoms with Gasteiger partial charge in [0.25, 0.3) is 5.56 Å². The van der Waals surface area contributed by atoms with Gasteiger partial charge in [-0.25, -0.2) is 4.98 Å². The summed E-state index contributed by atoms with van der Waals surface area (Å²) in [5, 5.41) is 6.40. The molecular weight excluding hydrogens is 582 g/mol. The Labute approximate surface area is 239 Å². The van der Waals surface area contributed by atoms with Crippen LogP contribution in [0.1, 0.15) is 33.3 Å². The molecule has 0 aliphatic carbocycles. The third kappa shape index (κ3) is 5.87. The average Bonchev–Trinajstić information content (AvgIpc) is 3.31. The van der Waals surface area contributed by atoms with E-state index in [1.165, 1.54) is 4.68 Å². The van der Waals surface area contributed by atoms with Crippen molar-refractivity contribution in [2.75, 3.05) is 13.2 Å². The quantitative estimate of drug-likeness (QED) is 0.175. The summed E-state index contributed by atoms with van der Waals surface area (Å²) in [6.45, 7) is 9.22. The van der Waals surface area contributed by atoms with Gasteiger partial charge in [-0.05, 0) is 76.8 Å². The molecule has 0 atom stereocenters. The minimum absolute atomic E-state index is 0.0152. The third-order valence-electron chi connectivity index (χ3n) is 5.79. The van der Waals surface area contributed by atoms with E-state index in [0.717, 1.165) is 9.86 Å². The number of halogens is 2. The SMILES string of the molecule is CCOc1cc(C=Nn2c(-c3cc4cc(Cl)ccc4o3)nc3ccccc3c2=O)c(Br)cc1OCC(C)(C)C. The fourth-order valence-electron chi connectivity index (χ4n) is 3.96. The van der Waals surface area contributed by atoms with Crippen molar-refractivity contribution in [2.24, 2.45) is 10.5 Å². The van der Waals surface area contributed by atoms with E-state index in [1.54, 1.807) is 48.7 Å². The van der Waals surface area contributed by atoms with Gasteiger partial charge in [0.15, 0.2) is 17.3 Å². The summed E-state index contributed by atoms with van der Waals surface area (Å²) in [4.78, 5) is 18.3. The van der Waals surface area contributed by atoms with Crippen LogP contribution in [0.15, 0.2) is 79.4 Å². The molecule has 2 heterocycles. The van der Waals surface area contributed by atoms with Crippen molar-refractivity contribution < 1.29 is 13.9 Å². The van der Waals surface area contributed by atoms with Crippen molar-refractivity contribution in [3.05, 3.63) is 86.1 Å². The van der Waals surface area contributed by atoms with Gasteiger partial charge in [0, 0.05) is 20.4 Å². The first-order valence-corrected chi connectivity index (χ1v) is 13.6. The summed E-state index contributed by atoms with van der Waals surface area (Å²) in [5.74, 6) is 1.88. The van der Waals surface area contributed by atoms with Crippen molar-refractivity contribution >= 4 is 55.6 Å². The number of nitrogens with zero attached hydrogens (tertiary/aromatic N) is 3. The zero-order valence-electron chi connectivity index (χ0n) is 22.0. The van der Waals surface area contributed by atoms with Crippen LogP contribution in [0.2, 0.25) is 5.02 Å². The number of rotatable bonds is 7. The largest absolute Gasteiger partial charge is 0.490 e. The Morgan fingerprint density at radius 3 is 2.62 bits per heavy atom. The molecule has 0 saturated carbocycles. The molecule has 0 amide bonds. The van der Waals surface area contributed by atoms with E-state index in [0.29, 0.717) is 57.5 Å². The summed E-state index contributed by atoms with van der Waals surface area (Å²) in [6.07, 6.45) is 1.58. The molecule has 7 nitrogen and oxygen atoms in total. The molecule has 0 bridgehead atoms. The molecule has 0 saturated heterocycles. The number of para-hydroxylation sites is 1. The van der Waals surface area contributed by atoms with Gasteiger partial charge in [0.2, 0.25) is 5.82 Å². The Kier molecular flexibility index (Phi) is 7.51. The third-order valence-corrected chi connectivity index (χ3v) is 6.71. The molecule has 0 spiro atoms. The second kappa shape index (κ2) is 10.9. The number of fused-ring (bicyclic) bond motifs is 2. The lowest BCUT2D eigenvalue weighted by molar-refractivity contribution is 0.188. The molecule has 5 aromatic rings. The van der Waals surface area contributed by atoms with E-state index in [1.807, 2.05) is 25.1 Å². The maximum atomic E-state index is 13.6. The molecule has 0 radical (unpaired) electrons. The highest BCUT2D eigenvalue weighted by Gasteiger charge is 2.18. The van der Waals surface area contributed by atoms with E-state index in [4.69, 9.17) is 30.5 Å². The highest BCUT2D eigenvalue weighted by molar-refractivity contribution is 9.10. The Balaban J connectivity index is 1.62. The predicted molar refractivity (Wildman–Crippen MR) is 159 cm³/mol. The van der Waals surface area contributed by atoms with Gasteiger partial charge < -0.3 is 13.9 Å². The minimum atomic E-state index is -0.323. The van der Waals surface area contributed by atoms with Crippen LogP contribution < -0.4 is 15.0 Å². The number of hydrogen-bond acceptors (Lipinski definition) is 6. The van der Waals surface area contributed by atoms with Crippen LogP contribution >= 0.6 is 27.5 Å². The van der Waals surface area contributed by atoms with Crippen LogP contribution in [0.4, 0.5) is 0 Å². The molecule has 0 aliphatic rings. The van der Waals surface area contributed by atoms with Crippen molar-refractivity contribution in [1.29, 1.82) is 0 Å². The molecule has 5 rings (SSSR count). The zero-order valence-corrected chi connectivity index (χ0v) is 24.3. The Morgan fingerprint density at radius 2 is 1.85 bits per heavy atom. The number of aromatic nitrogens is 2. The number of benzene rings is 3. The van der Waals surface area contributed by atoms with E-state index < -0.39 is 0 Å². The fourth-order valence-corrected chi connectivity index (χ4v) is 4.57. The molecule has 200 valence electrons. The van der Waals surface area contributed by atoms with Crippen LogP contribution in [0.3, 0.4) is 0 Å². The van der Waals surface area contributed by atoms with Crippen LogP contribution in [0.25, 0.3) is 33.5 Å². The molecular formula is C30H27BrClN3O4. The van der Waals surface area contributed by atoms with Crippen LogP contribution in [0, 0.1) is 5.41 Å². The predicted octanol–water partition coefficient (Wildman–Crippen LogP) is 7.93.